The molecule has 0 radical (unpaired) electrons. The standard InChI is InChI=1S/C16H22BrNO/c1-4-16(5-2)8-9-18(11-16)15(19)14-10-13(17)7-6-12(14)3/h6-7,10H,4-5,8-9,11H2,1-3H3. The molecule has 1 saturated heterocycles. The predicted molar refractivity (Wildman–Crippen MR) is 82.4 cm³/mol. The number of halogens is 1. The molecule has 3 heteroatoms. The third-order valence-corrected chi connectivity index (χ3v) is 5.15. The first-order valence-corrected chi connectivity index (χ1v) is 7.86. The molecule has 0 N–H and O–H groups in total. The molecule has 1 fully saturated rings. The number of carbonyl (C=O) groups excluding carboxylic acids is 1. The molecule has 0 spiro atoms. The van der Waals surface area contributed by atoms with Gasteiger partial charge in [-0.1, -0.05) is 35.8 Å². The van der Waals surface area contributed by atoms with E-state index in [9.17, 15) is 4.79 Å². The second-order valence-electron chi connectivity index (χ2n) is 5.64. The molecule has 1 aromatic rings. The second kappa shape index (κ2) is 5.66. The first-order valence-electron chi connectivity index (χ1n) is 7.07. The molecule has 1 aromatic carbocycles. The summed E-state index contributed by atoms with van der Waals surface area (Å²) in [7, 11) is 0. The van der Waals surface area contributed by atoms with Gasteiger partial charge in [-0.25, -0.2) is 0 Å². The van der Waals surface area contributed by atoms with Crippen molar-refractivity contribution in [1.82, 2.24) is 4.90 Å². The van der Waals surface area contributed by atoms with Crippen LogP contribution in [0.3, 0.4) is 0 Å². The van der Waals surface area contributed by atoms with Crippen molar-refractivity contribution in [1.29, 1.82) is 0 Å². The van der Waals surface area contributed by atoms with Crippen LogP contribution in [0, 0.1) is 12.3 Å². The molecule has 0 aromatic heterocycles. The summed E-state index contributed by atoms with van der Waals surface area (Å²) >= 11 is 3.45. The quantitative estimate of drug-likeness (QED) is 0.806. The van der Waals surface area contributed by atoms with E-state index in [1.165, 1.54) is 0 Å². The minimum Gasteiger partial charge on any atom is -0.338 e. The second-order valence-corrected chi connectivity index (χ2v) is 6.56. The van der Waals surface area contributed by atoms with Gasteiger partial charge in [-0.15, -0.1) is 0 Å². The molecule has 0 saturated carbocycles. The van der Waals surface area contributed by atoms with E-state index in [0.29, 0.717) is 5.41 Å². The summed E-state index contributed by atoms with van der Waals surface area (Å²) < 4.78 is 0.970. The Morgan fingerprint density at radius 2 is 2.05 bits per heavy atom. The lowest BCUT2D eigenvalue weighted by Gasteiger charge is -2.26. The summed E-state index contributed by atoms with van der Waals surface area (Å²) in [6.45, 7) is 8.28. The predicted octanol–water partition coefficient (Wildman–Crippen LogP) is 4.41. The molecule has 1 amide bonds. The number of hydrogen-bond acceptors (Lipinski definition) is 1. The highest BCUT2D eigenvalue weighted by Gasteiger charge is 2.37. The smallest absolute Gasteiger partial charge is 0.254 e. The highest BCUT2D eigenvalue weighted by Crippen LogP contribution is 2.37. The van der Waals surface area contributed by atoms with Crippen LogP contribution in [-0.2, 0) is 0 Å². The zero-order valence-corrected chi connectivity index (χ0v) is 13.6. The van der Waals surface area contributed by atoms with E-state index in [4.69, 9.17) is 0 Å². The van der Waals surface area contributed by atoms with Crippen molar-refractivity contribution in [2.45, 2.75) is 40.0 Å². The van der Waals surface area contributed by atoms with Crippen LogP contribution in [0.15, 0.2) is 22.7 Å². The lowest BCUT2D eigenvalue weighted by atomic mass is 9.82. The maximum atomic E-state index is 12.6. The van der Waals surface area contributed by atoms with Crippen molar-refractivity contribution in [2.75, 3.05) is 13.1 Å². The molecule has 0 unspecified atom stereocenters. The third-order valence-electron chi connectivity index (χ3n) is 4.66. The fraction of sp³-hybridized carbons (Fsp3) is 0.562. The molecular formula is C16H22BrNO. The first kappa shape index (κ1) is 14.6. The van der Waals surface area contributed by atoms with Crippen molar-refractivity contribution in [3.8, 4) is 0 Å². The number of likely N-dealkylation sites (tertiary alicyclic amines) is 1. The maximum Gasteiger partial charge on any atom is 0.254 e. The van der Waals surface area contributed by atoms with Crippen LogP contribution in [0.25, 0.3) is 0 Å². The minimum atomic E-state index is 0.183. The minimum absolute atomic E-state index is 0.183. The number of aryl methyl sites for hydroxylation is 1. The van der Waals surface area contributed by atoms with E-state index in [1.54, 1.807) is 0 Å². The number of benzene rings is 1. The van der Waals surface area contributed by atoms with E-state index in [-0.39, 0.29) is 5.91 Å². The summed E-state index contributed by atoms with van der Waals surface area (Å²) in [5, 5.41) is 0. The molecule has 0 atom stereocenters. The van der Waals surface area contributed by atoms with Gasteiger partial charge in [0.05, 0.1) is 0 Å². The van der Waals surface area contributed by atoms with Gasteiger partial charge in [-0.3, -0.25) is 4.79 Å². The molecular weight excluding hydrogens is 302 g/mol. The van der Waals surface area contributed by atoms with E-state index in [1.807, 2.05) is 30.0 Å². The molecule has 2 nitrogen and oxygen atoms in total. The molecule has 2 rings (SSSR count). The number of nitrogens with zero attached hydrogens (tertiary/aromatic N) is 1. The van der Waals surface area contributed by atoms with Gasteiger partial charge in [0.15, 0.2) is 0 Å². The summed E-state index contributed by atoms with van der Waals surface area (Å²) in [5.41, 5.74) is 2.23. The van der Waals surface area contributed by atoms with Gasteiger partial charge >= 0.3 is 0 Å². The van der Waals surface area contributed by atoms with Crippen LogP contribution < -0.4 is 0 Å². The van der Waals surface area contributed by atoms with Crippen LogP contribution in [0.4, 0.5) is 0 Å². The molecule has 0 aliphatic carbocycles. The number of hydrogen-bond donors (Lipinski definition) is 0. The molecule has 104 valence electrons. The number of amides is 1. The zero-order valence-electron chi connectivity index (χ0n) is 12.0. The van der Waals surface area contributed by atoms with Gasteiger partial charge in [-0.2, -0.15) is 0 Å². The average molecular weight is 324 g/mol. The Morgan fingerprint density at radius 1 is 1.37 bits per heavy atom. The summed E-state index contributed by atoms with van der Waals surface area (Å²) in [4.78, 5) is 14.7. The van der Waals surface area contributed by atoms with Crippen molar-refractivity contribution in [3.63, 3.8) is 0 Å². The molecule has 1 aliphatic heterocycles. The zero-order chi connectivity index (χ0) is 14.0. The van der Waals surface area contributed by atoms with Gasteiger partial charge in [-0.05, 0) is 49.3 Å². The molecule has 0 bridgehead atoms. The van der Waals surface area contributed by atoms with Crippen LogP contribution in [0.5, 0.6) is 0 Å². The Labute approximate surface area is 124 Å². The highest BCUT2D eigenvalue weighted by molar-refractivity contribution is 9.10. The lowest BCUT2D eigenvalue weighted by molar-refractivity contribution is 0.0769. The fourth-order valence-electron chi connectivity index (χ4n) is 2.93. The topological polar surface area (TPSA) is 20.3 Å². The van der Waals surface area contributed by atoms with Gasteiger partial charge in [0.25, 0.3) is 5.91 Å². The number of rotatable bonds is 3. The average Bonchev–Trinajstić information content (AvgIpc) is 2.86. The van der Waals surface area contributed by atoms with Crippen LogP contribution in [0.2, 0.25) is 0 Å². The van der Waals surface area contributed by atoms with E-state index < -0.39 is 0 Å². The Hall–Kier alpha value is -0.830. The fourth-order valence-corrected chi connectivity index (χ4v) is 3.29. The summed E-state index contributed by atoms with van der Waals surface area (Å²) in [6.07, 6.45) is 3.45. The molecule has 1 aliphatic rings. The normalized spacial score (nSPS) is 17.8. The Morgan fingerprint density at radius 3 is 2.63 bits per heavy atom. The van der Waals surface area contributed by atoms with Crippen LogP contribution in [-0.4, -0.2) is 23.9 Å². The van der Waals surface area contributed by atoms with Gasteiger partial charge in [0.2, 0.25) is 0 Å². The summed E-state index contributed by atoms with van der Waals surface area (Å²) in [5.74, 6) is 0.183. The van der Waals surface area contributed by atoms with Gasteiger partial charge in [0, 0.05) is 23.1 Å². The van der Waals surface area contributed by atoms with E-state index in [2.05, 4.69) is 29.8 Å². The maximum absolute atomic E-state index is 12.6. The van der Waals surface area contributed by atoms with Gasteiger partial charge in [0.1, 0.15) is 0 Å². The monoisotopic (exact) mass is 323 g/mol. The SMILES string of the molecule is CCC1(CC)CCN(C(=O)c2cc(Br)ccc2C)C1. The molecule has 1 heterocycles. The molecule has 19 heavy (non-hydrogen) atoms. The van der Waals surface area contributed by atoms with Crippen molar-refractivity contribution < 1.29 is 4.79 Å². The van der Waals surface area contributed by atoms with E-state index >= 15 is 0 Å². The highest BCUT2D eigenvalue weighted by atomic mass is 79.9. The lowest BCUT2D eigenvalue weighted by Crippen LogP contribution is -2.32. The largest absolute Gasteiger partial charge is 0.338 e. The van der Waals surface area contributed by atoms with Gasteiger partial charge < -0.3 is 4.90 Å². The summed E-state index contributed by atoms with van der Waals surface area (Å²) in [6, 6.07) is 5.92. The Bertz CT molecular complexity index is 480. The van der Waals surface area contributed by atoms with Crippen LogP contribution >= 0.6 is 15.9 Å². The number of carbonyl (C=O) groups is 1. The van der Waals surface area contributed by atoms with E-state index in [0.717, 1.165) is 48.0 Å². The van der Waals surface area contributed by atoms with Crippen molar-refractivity contribution in [2.24, 2.45) is 5.41 Å². The van der Waals surface area contributed by atoms with Crippen molar-refractivity contribution >= 4 is 21.8 Å². The van der Waals surface area contributed by atoms with Crippen molar-refractivity contribution in [3.05, 3.63) is 33.8 Å². The Kier molecular flexibility index (Phi) is 4.34. The first-order chi connectivity index (χ1) is 9.01. The Balaban J connectivity index is 2.20. The third kappa shape index (κ3) is 2.86. The van der Waals surface area contributed by atoms with Crippen LogP contribution in [0.1, 0.15) is 49.0 Å².